The van der Waals surface area contributed by atoms with Crippen LogP contribution in [0.15, 0.2) is 91.0 Å². The molecule has 0 saturated carbocycles. The standard InChI is InChI=1S/C33H37N3O6/c1-3-26(36-32(40)41-21-25-17-11-6-12-18-25)30(38)35-28(20-24-15-9-5-10-16-24)31(39)34-27(29(37)33(2)22-42-33)19-23-13-7-4-8-14-23/h4-18,26-28H,3,19-22H2,1-2H3,(H,34,39)(H,35,38)(H,36,40)/t26-,27+,28+,33-/m1/s1. The van der Waals surface area contributed by atoms with E-state index in [0.717, 1.165) is 16.7 Å². The van der Waals surface area contributed by atoms with Crippen molar-refractivity contribution in [2.24, 2.45) is 0 Å². The fourth-order valence-electron chi connectivity index (χ4n) is 4.54. The van der Waals surface area contributed by atoms with Crippen molar-refractivity contribution in [2.45, 2.75) is 63.4 Å². The Labute approximate surface area is 246 Å². The van der Waals surface area contributed by atoms with E-state index in [1.165, 1.54) is 0 Å². The zero-order chi connectivity index (χ0) is 30.0. The van der Waals surface area contributed by atoms with E-state index in [2.05, 4.69) is 16.0 Å². The molecule has 3 amide bonds. The predicted molar refractivity (Wildman–Crippen MR) is 157 cm³/mol. The Hall–Kier alpha value is -4.50. The summed E-state index contributed by atoms with van der Waals surface area (Å²) in [6.45, 7) is 3.81. The Morgan fingerprint density at radius 3 is 1.67 bits per heavy atom. The van der Waals surface area contributed by atoms with E-state index in [1.54, 1.807) is 13.8 Å². The number of carbonyl (C=O) groups excluding carboxylic acids is 4. The van der Waals surface area contributed by atoms with E-state index in [0.29, 0.717) is 6.61 Å². The van der Waals surface area contributed by atoms with Crippen molar-refractivity contribution >= 4 is 23.7 Å². The van der Waals surface area contributed by atoms with Crippen LogP contribution in [0, 0.1) is 0 Å². The largest absolute Gasteiger partial charge is 0.445 e. The van der Waals surface area contributed by atoms with Gasteiger partial charge in [-0.1, -0.05) is 97.9 Å². The first-order valence-corrected chi connectivity index (χ1v) is 14.1. The lowest BCUT2D eigenvalue weighted by molar-refractivity contribution is -0.133. The Morgan fingerprint density at radius 1 is 0.714 bits per heavy atom. The maximum Gasteiger partial charge on any atom is 0.408 e. The normalized spacial score (nSPS) is 17.7. The third-order valence-electron chi connectivity index (χ3n) is 7.16. The van der Waals surface area contributed by atoms with Crippen molar-refractivity contribution in [3.05, 3.63) is 108 Å². The summed E-state index contributed by atoms with van der Waals surface area (Å²) < 4.78 is 10.7. The van der Waals surface area contributed by atoms with E-state index >= 15 is 0 Å². The summed E-state index contributed by atoms with van der Waals surface area (Å²) >= 11 is 0. The molecule has 9 heteroatoms. The quantitative estimate of drug-likeness (QED) is 0.254. The highest BCUT2D eigenvalue weighted by Gasteiger charge is 2.50. The topological polar surface area (TPSA) is 126 Å². The lowest BCUT2D eigenvalue weighted by atomic mass is 9.94. The van der Waals surface area contributed by atoms with E-state index < -0.39 is 41.6 Å². The molecule has 9 nitrogen and oxygen atoms in total. The second-order valence-corrected chi connectivity index (χ2v) is 10.6. The molecule has 0 aliphatic carbocycles. The maximum absolute atomic E-state index is 13.7. The first-order chi connectivity index (χ1) is 20.3. The van der Waals surface area contributed by atoms with E-state index in [9.17, 15) is 19.2 Å². The molecule has 0 aromatic heterocycles. The van der Waals surface area contributed by atoms with Gasteiger partial charge in [-0.25, -0.2) is 4.79 Å². The van der Waals surface area contributed by atoms with Crippen molar-refractivity contribution in [3.63, 3.8) is 0 Å². The average Bonchev–Trinajstić information content (AvgIpc) is 3.77. The summed E-state index contributed by atoms with van der Waals surface area (Å²) in [4.78, 5) is 52.8. The molecule has 3 aromatic rings. The molecule has 1 fully saturated rings. The minimum absolute atomic E-state index is 0.0588. The molecule has 1 aliphatic heterocycles. The van der Waals surface area contributed by atoms with Gasteiger partial charge in [0.05, 0.1) is 12.6 Å². The lowest BCUT2D eigenvalue weighted by Crippen LogP contribution is -2.57. The van der Waals surface area contributed by atoms with E-state index in [-0.39, 0.29) is 31.7 Å². The van der Waals surface area contributed by atoms with Gasteiger partial charge in [0.15, 0.2) is 5.78 Å². The zero-order valence-corrected chi connectivity index (χ0v) is 23.9. The second kappa shape index (κ2) is 14.4. The fourth-order valence-corrected chi connectivity index (χ4v) is 4.54. The Balaban J connectivity index is 1.45. The van der Waals surface area contributed by atoms with Crippen LogP contribution in [0.4, 0.5) is 4.79 Å². The van der Waals surface area contributed by atoms with Crippen LogP contribution in [0.25, 0.3) is 0 Å². The van der Waals surface area contributed by atoms with Gasteiger partial charge >= 0.3 is 6.09 Å². The van der Waals surface area contributed by atoms with Gasteiger partial charge in [0.25, 0.3) is 0 Å². The van der Waals surface area contributed by atoms with Crippen molar-refractivity contribution in [3.8, 4) is 0 Å². The highest BCUT2D eigenvalue weighted by molar-refractivity contribution is 5.98. The first kappa shape index (κ1) is 30.5. The SMILES string of the molecule is CC[C@@H](NC(=O)OCc1ccccc1)C(=O)N[C@@H](Cc1ccccc1)C(=O)N[C@@H](Cc1ccccc1)C(=O)[C@@]1(C)CO1. The third kappa shape index (κ3) is 8.75. The number of epoxide rings is 1. The van der Waals surface area contributed by atoms with E-state index in [4.69, 9.17) is 9.47 Å². The minimum Gasteiger partial charge on any atom is -0.445 e. The van der Waals surface area contributed by atoms with Crippen molar-refractivity contribution in [1.29, 1.82) is 0 Å². The molecule has 220 valence electrons. The molecule has 0 spiro atoms. The summed E-state index contributed by atoms with van der Waals surface area (Å²) in [5, 5.41) is 8.26. The summed E-state index contributed by atoms with van der Waals surface area (Å²) in [5.41, 5.74) is 1.58. The molecular formula is C33H37N3O6. The predicted octanol–water partition coefficient (Wildman–Crippen LogP) is 3.50. The number of ether oxygens (including phenoxy) is 2. The molecule has 0 radical (unpaired) electrons. The van der Waals surface area contributed by atoms with Gasteiger partial charge in [-0.15, -0.1) is 0 Å². The van der Waals surface area contributed by atoms with Crippen LogP contribution in [0.3, 0.4) is 0 Å². The van der Waals surface area contributed by atoms with Crippen LogP contribution < -0.4 is 16.0 Å². The molecule has 3 N–H and O–H groups in total. The summed E-state index contributed by atoms with van der Waals surface area (Å²) in [6.07, 6.45) is 0.00318. The van der Waals surface area contributed by atoms with Crippen LogP contribution >= 0.6 is 0 Å². The fraction of sp³-hybridized carbons (Fsp3) is 0.333. The molecule has 3 aromatic carbocycles. The number of hydrogen-bond donors (Lipinski definition) is 3. The van der Waals surface area contributed by atoms with Gasteiger partial charge in [-0.05, 0) is 36.5 Å². The van der Waals surface area contributed by atoms with Crippen LogP contribution in [0.5, 0.6) is 0 Å². The minimum atomic E-state index is -1.00. The number of rotatable bonds is 14. The molecular weight excluding hydrogens is 534 g/mol. The van der Waals surface area contributed by atoms with Crippen LogP contribution in [-0.2, 0) is 43.3 Å². The van der Waals surface area contributed by atoms with Gasteiger partial charge < -0.3 is 25.4 Å². The molecule has 42 heavy (non-hydrogen) atoms. The van der Waals surface area contributed by atoms with Gasteiger partial charge in [-0.2, -0.15) is 0 Å². The number of hydrogen-bond acceptors (Lipinski definition) is 6. The smallest absolute Gasteiger partial charge is 0.408 e. The second-order valence-electron chi connectivity index (χ2n) is 10.6. The van der Waals surface area contributed by atoms with Gasteiger partial charge in [0.2, 0.25) is 11.8 Å². The number of nitrogens with one attached hydrogen (secondary N) is 3. The number of Topliss-reactive ketones (excluding diaryl/α,β-unsaturated/α-hetero) is 1. The summed E-state index contributed by atoms with van der Waals surface area (Å²) in [6, 6.07) is 25.1. The number of carbonyl (C=O) groups is 4. The average molecular weight is 572 g/mol. The number of ketones is 1. The zero-order valence-electron chi connectivity index (χ0n) is 23.9. The highest BCUT2D eigenvalue weighted by atomic mass is 16.6. The number of alkyl carbamates (subject to hydrolysis) is 1. The van der Waals surface area contributed by atoms with Crippen molar-refractivity contribution in [2.75, 3.05) is 6.61 Å². The van der Waals surface area contributed by atoms with E-state index in [1.807, 2.05) is 91.0 Å². The number of amides is 3. The van der Waals surface area contributed by atoms with Crippen LogP contribution in [0.1, 0.15) is 37.0 Å². The highest BCUT2D eigenvalue weighted by Crippen LogP contribution is 2.29. The van der Waals surface area contributed by atoms with Gasteiger partial charge in [-0.3, -0.25) is 14.4 Å². The Bertz CT molecular complexity index is 1350. The Kier molecular flexibility index (Phi) is 10.4. The molecule has 4 atom stereocenters. The van der Waals surface area contributed by atoms with Crippen molar-refractivity contribution < 1.29 is 28.7 Å². The molecule has 1 aliphatic rings. The first-order valence-electron chi connectivity index (χ1n) is 14.1. The monoisotopic (exact) mass is 571 g/mol. The summed E-state index contributed by atoms with van der Waals surface area (Å²) in [5.74, 6) is -1.26. The summed E-state index contributed by atoms with van der Waals surface area (Å²) in [7, 11) is 0. The maximum atomic E-state index is 13.7. The van der Waals surface area contributed by atoms with Gasteiger partial charge in [0, 0.05) is 6.42 Å². The molecule has 1 saturated heterocycles. The molecule has 0 unspecified atom stereocenters. The van der Waals surface area contributed by atoms with Crippen molar-refractivity contribution in [1.82, 2.24) is 16.0 Å². The molecule has 0 bridgehead atoms. The number of benzene rings is 3. The Morgan fingerprint density at radius 2 is 1.17 bits per heavy atom. The van der Waals surface area contributed by atoms with Crippen LogP contribution in [0.2, 0.25) is 0 Å². The molecule has 4 rings (SSSR count). The third-order valence-corrected chi connectivity index (χ3v) is 7.16. The molecule has 1 heterocycles. The lowest BCUT2D eigenvalue weighted by Gasteiger charge is -2.26. The van der Waals surface area contributed by atoms with Crippen LogP contribution in [-0.4, -0.2) is 54.0 Å². The van der Waals surface area contributed by atoms with Gasteiger partial charge in [0.1, 0.15) is 24.3 Å².